The first-order valence-electron chi connectivity index (χ1n) is 7.39. The summed E-state index contributed by atoms with van der Waals surface area (Å²) in [5.41, 5.74) is 1.51. The highest BCUT2D eigenvalue weighted by Gasteiger charge is 2.32. The van der Waals surface area contributed by atoms with Crippen LogP contribution >= 0.6 is 0 Å². The van der Waals surface area contributed by atoms with Crippen LogP contribution in [-0.4, -0.2) is 19.2 Å². The molecular formula is C15H27NO. The van der Waals surface area contributed by atoms with Gasteiger partial charge in [0.05, 0.1) is 12.9 Å². The summed E-state index contributed by atoms with van der Waals surface area (Å²) in [6.45, 7) is 6.52. The minimum Gasteiger partial charge on any atom is -0.501 e. The van der Waals surface area contributed by atoms with E-state index in [9.17, 15) is 0 Å². The fraction of sp³-hybridized carbons (Fsp3) is 0.867. The zero-order valence-corrected chi connectivity index (χ0v) is 11.4. The van der Waals surface area contributed by atoms with Crippen molar-refractivity contribution in [2.24, 2.45) is 11.8 Å². The smallest absolute Gasteiger partial charge is 0.0876 e. The zero-order valence-electron chi connectivity index (χ0n) is 11.4. The Morgan fingerprint density at radius 1 is 1.41 bits per heavy atom. The quantitative estimate of drug-likeness (QED) is 0.790. The predicted molar refractivity (Wildman–Crippen MR) is 71.9 cm³/mol. The van der Waals surface area contributed by atoms with Crippen LogP contribution in [0.2, 0.25) is 0 Å². The molecule has 0 spiro atoms. The third-order valence-corrected chi connectivity index (χ3v) is 4.42. The Labute approximate surface area is 106 Å². The number of likely N-dealkylation sites (N-methyl/N-ethyl adjacent to an activating group) is 1. The molecule has 1 N–H and O–H groups in total. The molecule has 0 bridgehead atoms. The summed E-state index contributed by atoms with van der Waals surface area (Å²) < 4.78 is 5.52. The Morgan fingerprint density at radius 3 is 2.88 bits per heavy atom. The van der Waals surface area contributed by atoms with Gasteiger partial charge < -0.3 is 10.1 Å². The van der Waals surface area contributed by atoms with Gasteiger partial charge in [-0.15, -0.1) is 0 Å². The highest BCUT2D eigenvalue weighted by Crippen LogP contribution is 2.37. The van der Waals surface area contributed by atoms with Crippen molar-refractivity contribution >= 4 is 0 Å². The van der Waals surface area contributed by atoms with Crippen molar-refractivity contribution in [3.05, 3.63) is 11.8 Å². The van der Waals surface area contributed by atoms with Crippen LogP contribution in [0.1, 0.15) is 52.4 Å². The summed E-state index contributed by atoms with van der Waals surface area (Å²) in [5, 5.41) is 3.69. The molecule has 0 aromatic carbocycles. The van der Waals surface area contributed by atoms with E-state index in [0.29, 0.717) is 6.04 Å². The van der Waals surface area contributed by atoms with Crippen molar-refractivity contribution < 1.29 is 4.74 Å². The van der Waals surface area contributed by atoms with E-state index < -0.39 is 0 Å². The van der Waals surface area contributed by atoms with E-state index in [-0.39, 0.29) is 0 Å². The van der Waals surface area contributed by atoms with Crippen LogP contribution in [-0.2, 0) is 4.74 Å². The fourth-order valence-electron chi connectivity index (χ4n) is 3.42. The van der Waals surface area contributed by atoms with E-state index in [2.05, 4.69) is 19.2 Å². The van der Waals surface area contributed by atoms with Crippen LogP contribution in [0.5, 0.6) is 0 Å². The number of hydrogen-bond donors (Lipinski definition) is 1. The molecule has 0 aromatic rings. The van der Waals surface area contributed by atoms with Crippen LogP contribution in [0.4, 0.5) is 0 Å². The van der Waals surface area contributed by atoms with Gasteiger partial charge in [0, 0.05) is 6.04 Å². The minimum atomic E-state index is 0.580. The van der Waals surface area contributed by atoms with Gasteiger partial charge in [0.15, 0.2) is 0 Å². The second kappa shape index (κ2) is 6.44. The first-order valence-corrected chi connectivity index (χ1v) is 7.39. The van der Waals surface area contributed by atoms with Crippen molar-refractivity contribution in [1.82, 2.24) is 5.32 Å². The molecule has 2 nitrogen and oxygen atoms in total. The molecule has 98 valence electrons. The molecule has 2 aliphatic rings. The Morgan fingerprint density at radius 2 is 2.29 bits per heavy atom. The van der Waals surface area contributed by atoms with Crippen molar-refractivity contribution in [2.45, 2.75) is 58.4 Å². The van der Waals surface area contributed by atoms with E-state index in [1.165, 1.54) is 44.1 Å². The third kappa shape index (κ3) is 3.25. The fourth-order valence-corrected chi connectivity index (χ4v) is 3.42. The van der Waals surface area contributed by atoms with Crippen molar-refractivity contribution in [3.63, 3.8) is 0 Å². The maximum absolute atomic E-state index is 5.52. The number of hydrogen-bond acceptors (Lipinski definition) is 2. The Balaban J connectivity index is 1.99. The highest BCUT2D eigenvalue weighted by atomic mass is 16.5. The normalized spacial score (nSPS) is 30.8. The lowest BCUT2D eigenvalue weighted by Gasteiger charge is -2.29. The van der Waals surface area contributed by atoms with Crippen LogP contribution in [0.25, 0.3) is 0 Å². The van der Waals surface area contributed by atoms with Crippen LogP contribution in [0.3, 0.4) is 0 Å². The van der Waals surface area contributed by atoms with Gasteiger partial charge >= 0.3 is 0 Å². The Bertz CT molecular complexity index is 262. The van der Waals surface area contributed by atoms with Gasteiger partial charge in [-0.1, -0.05) is 26.7 Å². The first kappa shape index (κ1) is 12.9. The van der Waals surface area contributed by atoms with Crippen LogP contribution < -0.4 is 5.32 Å². The first-order chi connectivity index (χ1) is 8.35. The second-order valence-electron chi connectivity index (χ2n) is 5.55. The monoisotopic (exact) mass is 237 g/mol. The SMILES string of the molecule is CCNC(C1=COCCC1)C1CCC(CC)C1. The van der Waals surface area contributed by atoms with Crippen LogP contribution in [0.15, 0.2) is 11.8 Å². The van der Waals surface area contributed by atoms with Gasteiger partial charge in [-0.05, 0) is 49.6 Å². The maximum atomic E-state index is 5.52. The summed E-state index contributed by atoms with van der Waals surface area (Å²) in [6.07, 6.45) is 10.0. The topological polar surface area (TPSA) is 21.3 Å². The molecule has 0 amide bonds. The van der Waals surface area contributed by atoms with Crippen molar-refractivity contribution in [3.8, 4) is 0 Å². The molecule has 1 saturated carbocycles. The second-order valence-corrected chi connectivity index (χ2v) is 5.55. The molecule has 2 rings (SSSR count). The molecule has 0 saturated heterocycles. The molecule has 1 fully saturated rings. The molecule has 0 aromatic heterocycles. The van der Waals surface area contributed by atoms with Crippen molar-refractivity contribution in [1.29, 1.82) is 0 Å². The summed E-state index contributed by atoms with van der Waals surface area (Å²) in [4.78, 5) is 0. The molecular weight excluding hydrogens is 210 g/mol. The van der Waals surface area contributed by atoms with E-state index >= 15 is 0 Å². The molecule has 1 aliphatic carbocycles. The molecule has 1 heterocycles. The van der Waals surface area contributed by atoms with Gasteiger partial charge in [-0.2, -0.15) is 0 Å². The summed E-state index contributed by atoms with van der Waals surface area (Å²) in [5.74, 6) is 1.80. The zero-order chi connectivity index (χ0) is 12.1. The Kier molecular flexibility index (Phi) is 4.90. The largest absolute Gasteiger partial charge is 0.501 e. The number of ether oxygens (including phenoxy) is 1. The molecule has 1 aliphatic heterocycles. The van der Waals surface area contributed by atoms with E-state index in [4.69, 9.17) is 4.74 Å². The van der Waals surface area contributed by atoms with Gasteiger partial charge in [0.2, 0.25) is 0 Å². The minimum absolute atomic E-state index is 0.580. The maximum Gasteiger partial charge on any atom is 0.0876 e. The van der Waals surface area contributed by atoms with Gasteiger partial charge in [-0.3, -0.25) is 0 Å². The lowest BCUT2D eigenvalue weighted by Crippen LogP contribution is -2.37. The molecule has 3 unspecified atom stereocenters. The average Bonchev–Trinajstić information content (AvgIpc) is 2.85. The van der Waals surface area contributed by atoms with Gasteiger partial charge in [0.25, 0.3) is 0 Å². The highest BCUT2D eigenvalue weighted by molar-refractivity contribution is 5.12. The standard InChI is InChI=1S/C15H27NO/c1-3-12-7-8-13(10-12)15(16-4-2)14-6-5-9-17-11-14/h11-13,15-16H,3-10H2,1-2H3. The molecule has 0 radical (unpaired) electrons. The van der Waals surface area contributed by atoms with Crippen LogP contribution in [0, 0.1) is 11.8 Å². The van der Waals surface area contributed by atoms with Crippen molar-refractivity contribution in [2.75, 3.05) is 13.2 Å². The number of nitrogens with one attached hydrogen (secondary N) is 1. The lowest BCUT2D eigenvalue weighted by atomic mass is 9.88. The molecule has 2 heteroatoms. The summed E-state index contributed by atoms with van der Waals surface area (Å²) in [7, 11) is 0. The van der Waals surface area contributed by atoms with E-state index in [0.717, 1.165) is 25.0 Å². The average molecular weight is 237 g/mol. The summed E-state index contributed by atoms with van der Waals surface area (Å²) >= 11 is 0. The van der Waals surface area contributed by atoms with Gasteiger partial charge in [-0.25, -0.2) is 0 Å². The third-order valence-electron chi connectivity index (χ3n) is 4.42. The predicted octanol–water partition coefficient (Wildman–Crippen LogP) is 3.49. The summed E-state index contributed by atoms with van der Waals surface area (Å²) in [6, 6.07) is 0.580. The lowest BCUT2D eigenvalue weighted by molar-refractivity contribution is 0.213. The number of rotatable bonds is 5. The molecule has 3 atom stereocenters. The van der Waals surface area contributed by atoms with E-state index in [1.807, 2.05) is 6.26 Å². The van der Waals surface area contributed by atoms with E-state index in [1.54, 1.807) is 0 Å². The Hall–Kier alpha value is -0.500. The van der Waals surface area contributed by atoms with Gasteiger partial charge in [0.1, 0.15) is 0 Å². The molecule has 17 heavy (non-hydrogen) atoms.